The fourth-order valence-electron chi connectivity index (χ4n) is 3.46. The Morgan fingerprint density at radius 3 is 2.94 bits per heavy atom. The summed E-state index contributed by atoms with van der Waals surface area (Å²) in [6.07, 6.45) is 8.23. The molecule has 0 bridgehead atoms. The van der Waals surface area contributed by atoms with Crippen LogP contribution in [0.3, 0.4) is 0 Å². The highest BCUT2D eigenvalue weighted by atomic mass is 16.3. The van der Waals surface area contributed by atoms with Crippen molar-refractivity contribution in [3.8, 4) is 0 Å². The number of rotatable bonds is 1. The Labute approximate surface area is 99.3 Å². The van der Waals surface area contributed by atoms with Crippen LogP contribution in [-0.4, -0.2) is 11.7 Å². The van der Waals surface area contributed by atoms with Gasteiger partial charge in [0.1, 0.15) is 0 Å². The highest BCUT2D eigenvalue weighted by molar-refractivity contribution is 5.17. The van der Waals surface area contributed by atoms with Crippen LogP contribution in [-0.2, 0) is 0 Å². The fourth-order valence-corrected chi connectivity index (χ4v) is 3.46. The average molecular weight is 220 g/mol. The van der Waals surface area contributed by atoms with Gasteiger partial charge in [-0.05, 0) is 56.3 Å². The molecule has 1 fully saturated rings. The predicted octanol–water partition coefficient (Wildman–Crippen LogP) is 3.70. The number of hydrogen-bond acceptors (Lipinski definition) is 1. The molecule has 0 heterocycles. The maximum atomic E-state index is 9.52. The lowest BCUT2D eigenvalue weighted by molar-refractivity contribution is -0.0568. The van der Waals surface area contributed by atoms with Crippen molar-refractivity contribution in [3.63, 3.8) is 0 Å². The third kappa shape index (κ3) is 1.98. The van der Waals surface area contributed by atoms with Crippen LogP contribution >= 0.6 is 0 Å². The van der Waals surface area contributed by atoms with E-state index < -0.39 is 0 Å². The van der Waals surface area contributed by atoms with E-state index >= 15 is 0 Å². The van der Waals surface area contributed by atoms with Crippen molar-refractivity contribution in [2.75, 3.05) is 6.61 Å². The molecule has 0 radical (unpaired) electrons. The molecule has 3 atom stereocenters. The summed E-state index contributed by atoms with van der Waals surface area (Å²) in [7, 11) is 0. The fraction of sp³-hybridized carbons (Fsp3) is 0.733. The van der Waals surface area contributed by atoms with Gasteiger partial charge in [0, 0.05) is 6.61 Å². The second kappa shape index (κ2) is 4.37. The molecule has 1 saturated carbocycles. The van der Waals surface area contributed by atoms with E-state index in [0.717, 1.165) is 19.3 Å². The molecule has 0 aliphatic heterocycles. The van der Waals surface area contributed by atoms with Crippen LogP contribution in [0.1, 0.15) is 46.0 Å². The topological polar surface area (TPSA) is 20.2 Å². The van der Waals surface area contributed by atoms with Crippen LogP contribution in [0.2, 0.25) is 0 Å². The molecule has 2 aliphatic rings. The summed E-state index contributed by atoms with van der Waals surface area (Å²) >= 11 is 0. The van der Waals surface area contributed by atoms with E-state index in [4.69, 9.17) is 0 Å². The Hall–Kier alpha value is -0.560. The van der Waals surface area contributed by atoms with Crippen molar-refractivity contribution in [1.29, 1.82) is 0 Å². The van der Waals surface area contributed by atoms with Crippen LogP contribution in [0.5, 0.6) is 0 Å². The average Bonchev–Trinajstić information content (AvgIpc) is 2.29. The molecular formula is C15H24O. The van der Waals surface area contributed by atoms with E-state index in [1.807, 2.05) is 0 Å². The Balaban J connectivity index is 2.13. The molecule has 16 heavy (non-hydrogen) atoms. The van der Waals surface area contributed by atoms with Crippen molar-refractivity contribution in [2.45, 2.75) is 46.0 Å². The summed E-state index contributed by atoms with van der Waals surface area (Å²) < 4.78 is 0. The highest BCUT2D eigenvalue weighted by Gasteiger charge is 2.50. The number of allylic oxidation sites excluding steroid dienone is 3. The standard InChI is InChI=1S/C15H24O/c1-11-5-4-6-12(2)13-9-15(3,10-16)14(13)8-7-11/h5,13-14,16H,2,4,6-10H2,1,3H3. The molecule has 1 heteroatoms. The molecule has 3 unspecified atom stereocenters. The van der Waals surface area contributed by atoms with Gasteiger partial charge in [-0.25, -0.2) is 0 Å². The number of aliphatic hydroxyl groups is 1. The molecule has 0 amide bonds. The van der Waals surface area contributed by atoms with Crippen molar-refractivity contribution >= 4 is 0 Å². The lowest BCUT2D eigenvalue weighted by Gasteiger charge is -2.54. The molecule has 90 valence electrons. The van der Waals surface area contributed by atoms with Gasteiger partial charge in [0.15, 0.2) is 0 Å². The van der Waals surface area contributed by atoms with E-state index in [9.17, 15) is 5.11 Å². The number of fused-ring (bicyclic) bond motifs is 1. The second-order valence-corrected chi connectivity index (χ2v) is 6.02. The first-order valence-electron chi connectivity index (χ1n) is 6.51. The van der Waals surface area contributed by atoms with Crippen molar-refractivity contribution in [1.82, 2.24) is 0 Å². The van der Waals surface area contributed by atoms with Gasteiger partial charge in [-0.15, -0.1) is 0 Å². The first-order valence-corrected chi connectivity index (χ1v) is 6.51. The molecular weight excluding hydrogens is 196 g/mol. The summed E-state index contributed by atoms with van der Waals surface area (Å²) in [6.45, 7) is 9.06. The van der Waals surface area contributed by atoms with E-state index in [2.05, 4.69) is 26.5 Å². The SMILES string of the molecule is C=C1CCC=C(C)CCC2C1CC2(C)CO. The normalized spacial score (nSPS) is 39.9. The van der Waals surface area contributed by atoms with E-state index in [1.54, 1.807) is 0 Å². The summed E-state index contributed by atoms with van der Waals surface area (Å²) in [4.78, 5) is 0. The van der Waals surface area contributed by atoms with Gasteiger partial charge in [0.05, 0.1) is 0 Å². The molecule has 1 nitrogen and oxygen atoms in total. The van der Waals surface area contributed by atoms with Crippen LogP contribution in [0.25, 0.3) is 0 Å². The largest absolute Gasteiger partial charge is 0.396 e. The van der Waals surface area contributed by atoms with Crippen LogP contribution in [0.15, 0.2) is 23.8 Å². The lowest BCUT2D eigenvalue weighted by Crippen LogP contribution is -2.48. The van der Waals surface area contributed by atoms with E-state index in [-0.39, 0.29) is 5.41 Å². The second-order valence-electron chi connectivity index (χ2n) is 6.02. The summed E-state index contributed by atoms with van der Waals surface area (Å²) in [6, 6.07) is 0. The van der Waals surface area contributed by atoms with Crippen molar-refractivity contribution in [2.24, 2.45) is 17.3 Å². The highest BCUT2D eigenvalue weighted by Crippen LogP contribution is 2.56. The first-order chi connectivity index (χ1) is 7.57. The summed E-state index contributed by atoms with van der Waals surface area (Å²) in [5.74, 6) is 1.34. The number of hydrogen-bond donors (Lipinski definition) is 1. The van der Waals surface area contributed by atoms with Gasteiger partial charge in [0.25, 0.3) is 0 Å². The summed E-state index contributed by atoms with van der Waals surface area (Å²) in [5, 5.41) is 9.52. The number of aliphatic hydroxyl groups excluding tert-OH is 1. The zero-order chi connectivity index (χ0) is 11.8. The molecule has 0 aromatic carbocycles. The zero-order valence-electron chi connectivity index (χ0n) is 10.6. The minimum atomic E-state index is 0.165. The molecule has 1 N–H and O–H groups in total. The van der Waals surface area contributed by atoms with E-state index in [1.165, 1.54) is 24.0 Å². The third-order valence-electron chi connectivity index (χ3n) is 4.76. The molecule has 0 saturated heterocycles. The Kier molecular flexibility index (Phi) is 3.25. The minimum Gasteiger partial charge on any atom is -0.396 e. The quantitative estimate of drug-likeness (QED) is 0.668. The van der Waals surface area contributed by atoms with E-state index in [0.29, 0.717) is 18.4 Å². The minimum absolute atomic E-state index is 0.165. The smallest absolute Gasteiger partial charge is 0.0487 e. The van der Waals surface area contributed by atoms with Gasteiger partial charge in [-0.2, -0.15) is 0 Å². The predicted molar refractivity (Wildman–Crippen MR) is 68.2 cm³/mol. The monoisotopic (exact) mass is 220 g/mol. The van der Waals surface area contributed by atoms with Gasteiger partial charge in [-0.3, -0.25) is 0 Å². The Bertz CT molecular complexity index is 315. The van der Waals surface area contributed by atoms with Gasteiger partial charge in [0.2, 0.25) is 0 Å². The van der Waals surface area contributed by atoms with Gasteiger partial charge in [-0.1, -0.05) is 30.7 Å². The molecule has 0 aromatic heterocycles. The van der Waals surface area contributed by atoms with Crippen molar-refractivity contribution < 1.29 is 5.11 Å². The van der Waals surface area contributed by atoms with Crippen molar-refractivity contribution in [3.05, 3.63) is 23.8 Å². The van der Waals surface area contributed by atoms with Crippen LogP contribution < -0.4 is 0 Å². The molecule has 2 aliphatic carbocycles. The maximum Gasteiger partial charge on any atom is 0.0487 e. The van der Waals surface area contributed by atoms with Crippen LogP contribution in [0.4, 0.5) is 0 Å². The maximum absolute atomic E-state index is 9.52. The van der Waals surface area contributed by atoms with Gasteiger partial charge >= 0.3 is 0 Å². The van der Waals surface area contributed by atoms with Crippen LogP contribution in [0, 0.1) is 17.3 Å². The van der Waals surface area contributed by atoms with Gasteiger partial charge < -0.3 is 5.11 Å². The lowest BCUT2D eigenvalue weighted by atomic mass is 9.51. The molecule has 0 aromatic rings. The summed E-state index contributed by atoms with van der Waals surface area (Å²) in [5.41, 5.74) is 3.10. The molecule has 2 rings (SSSR count). The Morgan fingerprint density at radius 1 is 1.50 bits per heavy atom. The molecule has 0 spiro atoms. The Morgan fingerprint density at radius 2 is 2.25 bits per heavy atom. The first kappa shape index (κ1) is 11.9. The third-order valence-corrected chi connectivity index (χ3v) is 4.76. The zero-order valence-corrected chi connectivity index (χ0v) is 10.6.